The average Bonchev–Trinajstić information content (AvgIpc) is 3.45. The smallest absolute Gasteiger partial charge is 0.268 e. The first-order valence-corrected chi connectivity index (χ1v) is 10.8. The minimum absolute atomic E-state index is 0.0522. The summed E-state index contributed by atoms with van der Waals surface area (Å²) in [6, 6.07) is 1.29. The van der Waals surface area contributed by atoms with Gasteiger partial charge in [-0.2, -0.15) is 5.10 Å². The van der Waals surface area contributed by atoms with Gasteiger partial charge in [0.2, 0.25) is 5.91 Å². The number of hydrogen-bond donors (Lipinski definition) is 1. The fourth-order valence-electron chi connectivity index (χ4n) is 3.37. The van der Waals surface area contributed by atoms with E-state index in [9.17, 15) is 18.8 Å². The zero-order chi connectivity index (χ0) is 23.3. The molecule has 11 heteroatoms. The molecule has 32 heavy (non-hydrogen) atoms. The molecule has 0 saturated heterocycles. The van der Waals surface area contributed by atoms with Crippen LogP contribution in [0.1, 0.15) is 55.9 Å². The number of aryl methyl sites for hydroxylation is 1. The lowest BCUT2D eigenvalue weighted by atomic mass is 10.0. The summed E-state index contributed by atoms with van der Waals surface area (Å²) in [7, 11) is 1.68. The van der Waals surface area contributed by atoms with Crippen molar-refractivity contribution < 1.29 is 18.7 Å². The van der Waals surface area contributed by atoms with Crippen LogP contribution in [0, 0.1) is 5.92 Å². The van der Waals surface area contributed by atoms with Crippen molar-refractivity contribution in [3.8, 4) is 0 Å². The molecule has 1 amide bonds. The summed E-state index contributed by atoms with van der Waals surface area (Å²) in [4.78, 5) is 34.7. The lowest BCUT2D eigenvalue weighted by Gasteiger charge is -2.11. The zero-order valence-corrected chi connectivity index (χ0v) is 18.6. The third kappa shape index (κ3) is 8.66. The predicted octanol–water partition coefficient (Wildman–Crippen LogP) is 2.25. The third-order valence-electron chi connectivity index (χ3n) is 5.11. The van der Waals surface area contributed by atoms with Crippen LogP contribution < -0.4 is 10.9 Å². The Morgan fingerprint density at radius 3 is 2.72 bits per heavy atom. The number of hydrogen-bond acceptors (Lipinski definition) is 7. The van der Waals surface area contributed by atoms with Crippen molar-refractivity contribution in [3.05, 3.63) is 34.5 Å². The molecule has 2 aromatic heterocycles. The maximum absolute atomic E-state index is 14.1. The van der Waals surface area contributed by atoms with Crippen LogP contribution in [0.5, 0.6) is 0 Å². The first-order chi connectivity index (χ1) is 15.4. The molecule has 0 aromatic carbocycles. The fourth-order valence-corrected chi connectivity index (χ4v) is 3.37. The van der Waals surface area contributed by atoms with E-state index in [0.717, 1.165) is 24.1 Å². The van der Waals surface area contributed by atoms with Gasteiger partial charge in [0, 0.05) is 39.2 Å². The molecule has 1 unspecified atom stereocenters. The van der Waals surface area contributed by atoms with Crippen molar-refractivity contribution in [2.75, 3.05) is 19.0 Å². The summed E-state index contributed by atoms with van der Waals surface area (Å²) in [5, 5.41) is 13.9. The molecule has 10 nitrogen and oxygen atoms in total. The van der Waals surface area contributed by atoms with Gasteiger partial charge in [0.1, 0.15) is 11.9 Å². The third-order valence-corrected chi connectivity index (χ3v) is 5.11. The molecule has 1 aliphatic rings. The summed E-state index contributed by atoms with van der Waals surface area (Å²) < 4.78 is 21.0. The Labute approximate surface area is 186 Å². The number of carbonyl (C=O) groups excluding carboxylic acids is 2. The van der Waals surface area contributed by atoms with E-state index in [-0.39, 0.29) is 31.1 Å². The predicted molar refractivity (Wildman–Crippen MR) is 116 cm³/mol. The van der Waals surface area contributed by atoms with Crippen molar-refractivity contribution in [2.45, 2.75) is 64.7 Å². The van der Waals surface area contributed by atoms with Gasteiger partial charge in [-0.1, -0.05) is 18.1 Å². The van der Waals surface area contributed by atoms with Gasteiger partial charge in [-0.05, 0) is 25.7 Å². The maximum atomic E-state index is 14.1. The number of ether oxygens (including phenoxy) is 1. The molecule has 1 N–H and O–H groups in total. The van der Waals surface area contributed by atoms with Crippen LogP contribution in [0.4, 0.5) is 10.1 Å². The highest BCUT2D eigenvalue weighted by atomic mass is 19.1. The number of halogens is 1. The van der Waals surface area contributed by atoms with Gasteiger partial charge in [0.15, 0.2) is 6.29 Å². The minimum Gasteiger partial charge on any atom is -0.385 e. The number of alkyl halides is 1. The van der Waals surface area contributed by atoms with Gasteiger partial charge in [0.05, 0.1) is 24.6 Å². The first kappa shape index (κ1) is 25.3. The Bertz CT molecular complexity index is 908. The van der Waals surface area contributed by atoms with E-state index in [2.05, 4.69) is 25.5 Å². The standard InChI is InChI=1S/C18H23FN6O3.C3H8O/c19-14(10-24-11-16(12-26)22-23-24)5-6-25-18(28)8-15(9-20-25)21-17(27)7-13-3-1-2-4-13;1-3-4-2/h8-9,11-14H,1-7,10H2,(H,21,27);3H2,1-2H3. The average molecular weight is 451 g/mol. The normalized spacial score (nSPS) is 14.5. The molecule has 2 aromatic rings. The number of nitrogens with one attached hydrogen (secondary N) is 1. The van der Waals surface area contributed by atoms with Gasteiger partial charge < -0.3 is 10.1 Å². The van der Waals surface area contributed by atoms with Crippen molar-refractivity contribution in [1.82, 2.24) is 24.8 Å². The first-order valence-electron chi connectivity index (χ1n) is 10.8. The van der Waals surface area contributed by atoms with Crippen LogP contribution in [0.25, 0.3) is 0 Å². The van der Waals surface area contributed by atoms with E-state index in [1.807, 2.05) is 6.92 Å². The molecule has 3 rings (SSSR count). The molecule has 0 radical (unpaired) electrons. The highest BCUT2D eigenvalue weighted by Gasteiger charge is 2.18. The lowest BCUT2D eigenvalue weighted by molar-refractivity contribution is -0.117. The number of aldehydes is 1. The van der Waals surface area contributed by atoms with Crippen molar-refractivity contribution in [2.24, 2.45) is 5.92 Å². The molecule has 1 fully saturated rings. The van der Waals surface area contributed by atoms with Crippen LogP contribution in [0.15, 0.2) is 23.3 Å². The number of amides is 1. The Kier molecular flexibility index (Phi) is 10.6. The van der Waals surface area contributed by atoms with Crippen LogP contribution in [-0.4, -0.2) is 56.9 Å². The summed E-state index contributed by atoms with van der Waals surface area (Å²) >= 11 is 0. The van der Waals surface area contributed by atoms with Crippen molar-refractivity contribution >= 4 is 17.9 Å². The Balaban J connectivity index is 0.000000837. The number of aromatic nitrogens is 5. The fraction of sp³-hybridized carbons (Fsp3) is 0.619. The highest BCUT2D eigenvalue weighted by molar-refractivity contribution is 5.90. The van der Waals surface area contributed by atoms with Gasteiger partial charge in [-0.3, -0.25) is 14.4 Å². The highest BCUT2D eigenvalue weighted by Crippen LogP contribution is 2.27. The van der Waals surface area contributed by atoms with E-state index in [1.54, 1.807) is 7.11 Å². The van der Waals surface area contributed by atoms with E-state index in [0.29, 0.717) is 24.3 Å². The van der Waals surface area contributed by atoms with Gasteiger partial charge in [-0.15, -0.1) is 5.10 Å². The molecule has 2 heterocycles. The van der Waals surface area contributed by atoms with E-state index in [4.69, 9.17) is 0 Å². The van der Waals surface area contributed by atoms with E-state index < -0.39 is 11.7 Å². The molecule has 1 saturated carbocycles. The van der Waals surface area contributed by atoms with E-state index in [1.165, 1.54) is 36.0 Å². The number of methoxy groups -OCH3 is 1. The Morgan fingerprint density at radius 2 is 2.12 bits per heavy atom. The topological polar surface area (TPSA) is 121 Å². The van der Waals surface area contributed by atoms with Gasteiger partial charge >= 0.3 is 0 Å². The largest absolute Gasteiger partial charge is 0.385 e. The van der Waals surface area contributed by atoms with Crippen LogP contribution in [-0.2, 0) is 22.6 Å². The molecule has 1 atom stereocenters. The molecule has 0 bridgehead atoms. The van der Waals surface area contributed by atoms with Crippen molar-refractivity contribution in [1.29, 1.82) is 0 Å². The minimum atomic E-state index is -1.28. The zero-order valence-electron chi connectivity index (χ0n) is 18.6. The van der Waals surface area contributed by atoms with Crippen molar-refractivity contribution in [3.63, 3.8) is 0 Å². The monoisotopic (exact) mass is 450 g/mol. The van der Waals surface area contributed by atoms with Crippen LogP contribution in [0.3, 0.4) is 0 Å². The van der Waals surface area contributed by atoms with Crippen LogP contribution >= 0.6 is 0 Å². The molecule has 1 aliphatic carbocycles. The molecular weight excluding hydrogens is 419 g/mol. The quantitative estimate of drug-likeness (QED) is 0.551. The lowest BCUT2D eigenvalue weighted by Crippen LogP contribution is -2.26. The Morgan fingerprint density at radius 1 is 1.41 bits per heavy atom. The van der Waals surface area contributed by atoms with E-state index >= 15 is 0 Å². The summed E-state index contributed by atoms with van der Waals surface area (Å²) in [5.74, 6) is 0.305. The van der Waals surface area contributed by atoms with Gasteiger partial charge in [-0.25, -0.2) is 13.8 Å². The number of anilines is 1. The summed E-state index contributed by atoms with van der Waals surface area (Å²) in [5.41, 5.74) is 0.0792. The summed E-state index contributed by atoms with van der Waals surface area (Å²) in [6.45, 7) is 2.80. The molecule has 176 valence electrons. The SMILES string of the molecule is CCOC.O=Cc1cn(CC(F)CCn2ncc(NC(=O)CC3CCCC3)cc2=O)nn1. The van der Waals surface area contributed by atoms with Crippen LogP contribution in [0.2, 0.25) is 0 Å². The second kappa shape index (κ2) is 13.5. The second-order valence-corrected chi connectivity index (χ2v) is 7.66. The molecule has 0 spiro atoms. The molecule has 0 aliphatic heterocycles. The number of nitrogens with zero attached hydrogens (tertiary/aromatic N) is 5. The maximum Gasteiger partial charge on any atom is 0.268 e. The number of rotatable bonds is 10. The Hall–Kier alpha value is -2.95. The summed E-state index contributed by atoms with van der Waals surface area (Å²) in [6.07, 6.45) is 7.00. The second-order valence-electron chi connectivity index (χ2n) is 7.66. The molecular formula is C21H31FN6O4. The van der Waals surface area contributed by atoms with Gasteiger partial charge in [0.25, 0.3) is 5.56 Å². The number of carbonyl (C=O) groups is 2.